The molecular weight excluding hydrogens is 336 g/mol. The number of carbonyl (C=O) groups excluding carboxylic acids is 1. The van der Waals surface area contributed by atoms with E-state index in [-0.39, 0.29) is 5.69 Å². The first kappa shape index (κ1) is 18.3. The van der Waals surface area contributed by atoms with Crippen LogP contribution in [0.25, 0.3) is 0 Å². The molecule has 1 fully saturated rings. The van der Waals surface area contributed by atoms with E-state index in [9.17, 15) is 13.6 Å². The van der Waals surface area contributed by atoms with Gasteiger partial charge in [0, 0.05) is 31.9 Å². The summed E-state index contributed by atoms with van der Waals surface area (Å²) < 4.78 is 27.4. The second-order valence-electron chi connectivity index (χ2n) is 6.62. The Kier molecular flexibility index (Phi) is 5.52. The van der Waals surface area contributed by atoms with Gasteiger partial charge in [-0.15, -0.1) is 0 Å². The van der Waals surface area contributed by atoms with Crippen LogP contribution in [0.3, 0.4) is 0 Å². The third-order valence-corrected chi connectivity index (χ3v) is 4.82. The van der Waals surface area contributed by atoms with Gasteiger partial charge in [-0.1, -0.05) is 18.2 Å². The first-order valence-electron chi connectivity index (χ1n) is 8.76. The van der Waals surface area contributed by atoms with Crippen molar-refractivity contribution in [3.8, 4) is 0 Å². The first-order chi connectivity index (χ1) is 12.5. The topological polar surface area (TPSA) is 35.6 Å². The summed E-state index contributed by atoms with van der Waals surface area (Å²) in [5.74, 6) is -1.94. The molecule has 0 saturated carbocycles. The highest BCUT2D eigenvalue weighted by molar-refractivity contribution is 5.94. The lowest BCUT2D eigenvalue weighted by Gasteiger charge is -2.38. The summed E-state index contributed by atoms with van der Waals surface area (Å²) in [6.45, 7) is 6.85. The van der Waals surface area contributed by atoms with Crippen LogP contribution in [-0.4, -0.2) is 43.0 Å². The zero-order valence-corrected chi connectivity index (χ0v) is 15.0. The molecule has 1 unspecified atom stereocenters. The maximum atomic E-state index is 13.7. The molecule has 4 nitrogen and oxygen atoms in total. The molecule has 26 heavy (non-hydrogen) atoms. The highest BCUT2D eigenvalue weighted by atomic mass is 19.1. The van der Waals surface area contributed by atoms with Crippen LogP contribution in [0.4, 0.5) is 20.2 Å². The largest absolute Gasteiger partial charge is 0.369 e. The molecule has 1 aliphatic rings. The lowest BCUT2D eigenvalue weighted by atomic mass is 10.1. The number of anilines is 2. The molecule has 0 aromatic heterocycles. The van der Waals surface area contributed by atoms with E-state index in [4.69, 9.17) is 0 Å². The predicted molar refractivity (Wildman–Crippen MR) is 99.4 cm³/mol. The van der Waals surface area contributed by atoms with Crippen molar-refractivity contribution < 1.29 is 13.6 Å². The zero-order chi connectivity index (χ0) is 18.7. The Morgan fingerprint density at radius 1 is 1.04 bits per heavy atom. The summed E-state index contributed by atoms with van der Waals surface area (Å²) in [5.41, 5.74) is 2.00. The number of nitrogens with one attached hydrogen (secondary N) is 1. The molecule has 0 spiro atoms. The lowest BCUT2D eigenvalue weighted by molar-refractivity contribution is -0.120. The minimum Gasteiger partial charge on any atom is -0.369 e. The molecule has 0 radical (unpaired) electrons. The van der Waals surface area contributed by atoms with Crippen LogP contribution in [-0.2, 0) is 4.79 Å². The van der Waals surface area contributed by atoms with E-state index < -0.39 is 23.6 Å². The molecule has 2 aromatic carbocycles. The summed E-state index contributed by atoms with van der Waals surface area (Å²) in [7, 11) is 0. The van der Waals surface area contributed by atoms with Crippen molar-refractivity contribution in [2.45, 2.75) is 19.9 Å². The molecule has 1 N–H and O–H groups in total. The fraction of sp³-hybridized carbons (Fsp3) is 0.350. The normalized spacial score (nSPS) is 16.4. The quantitative estimate of drug-likeness (QED) is 0.909. The van der Waals surface area contributed by atoms with E-state index in [1.807, 2.05) is 11.0 Å². The van der Waals surface area contributed by atoms with Crippen LogP contribution in [0.5, 0.6) is 0 Å². The maximum Gasteiger partial charge on any atom is 0.241 e. The molecule has 2 aromatic rings. The monoisotopic (exact) mass is 359 g/mol. The Morgan fingerprint density at radius 3 is 2.27 bits per heavy atom. The standard InChI is InChI=1S/C20H23F2N3O/c1-14-5-3-6-16(13-14)25-11-9-24(10-12-25)15(2)20(26)23-19-17(21)7-4-8-18(19)22/h3-8,13,15H,9-12H2,1-2H3,(H,23,26). The van der Waals surface area contributed by atoms with Gasteiger partial charge in [-0.25, -0.2) is 8.78 Å². The Balaban J connectivity index is 1.59. The zero-order valence-electron chi connectivity index (χ0n) is 15.0. The molecule has 0 aliphatic carbocycles. The van der Waals surface area contributed by atoms with Crippen LogP contribution in [0.2, 0.25) is 0 Å². The second kappa shape index (κ2) is 7.83. The van der Waals surface area contributed by atoms with Gasteiger partial charge in [-0.3, -0.25) is 9.69 Å². The highest BCUT2D eigenvalue weighted by Crippen LogP contribution is 2.21. The molecule has 6 heteroatoms. The summed E-state index contributed by atoms with van der Waals surface area (Å²) >= 11 is 0. The Morgan fingerprint density at radius 2 is 1.65 bits per heavy atom. The van der Waals surface area contributed by atoms with Crippen LogP contribution in [0.1, 0.15) is 12.5 Å². The fourth-order valence-corrected chi connectivity index (χ4v) is 3.20. The van der Waals surface area contributed by atoms with Crippen LogP contribution < -0.4 is 10.2 Å². The number of aryl methyl sites for hydroxylation is 1. The molecule has 0 bridgehead atoms. The van der Waals surface area contributed by atoms with Gasteiger partial charge in [-0.2, -0.15) is 0 Å². The number of para-hydroxylation sites is 1. The number of benzene rings is 2. The summed E-state index contributed by atoms with van der Waals surface area (Å²) in [5, 5.41) is 2.38. The Hall–Kier alpha value is -2.47. The van der Waals surface area contributed by atoms with E-state index in [2.05, 4.69) is 35.3 Å². The third kappa shape index (κ3) is 4.02. The minimum absolute atomic E-state index is 0.386. The highest BCUT2D eigenvalue weighted by Gasteiger charge is 2.26. The summed E-state index contributed by atoms with van der Waals surface area (Å²) in [6, 6.07) is 11.4. The molecule has 1 saturated heterocycles. The number of hydrogen-bond acceptors (Lipinski definition) is 3. The fourth-order valence-electron chi connectivity index (χ4n) is 3.20. The van der Waals surface area contributed by atoms with Gasteiger partial charge < -0.3 is 10.2 Å². The predicted octanol–water partition coefficient (Wildman–Crippen LogP) is 3.42. The maximum absolute atomic E-state index is 13.7. The lowest BCUT2D eigenvalue weighted by Crippen LogP contribution is -2.52. The number of nitrogens with zero attached hydrogens (tertiary/aromatic N) is 2. The SMILES string of the molecule is Cc1cccc(N2CCN(C(C)C(=O)Nc3c(F)cccc3F)CC2)c1. The number of amides is 1. The number of piperazine rings is 1. The average molecular weight is 359 g/mol. The van der Waals surface area contributed by atoms with Gasteiger partial charge >= 0.3 is 0 Å². The van der Waals surface area contributed by atoms with E-state index in [1.54, 1.807) is 6.92 Å². The minimum atomic E-state index is -0.769. The van der Waals surface area contributed by atoms with Crippen LogP contribution >= 0.6 is 0 Å². The van der Waals surface area contributed by atoms with Crippen molar-refractivity contribution in [1.29, 1.82) is 0 Å². The number of hydrogen-bond donors (Lipinski definition) is 1. The van der Waals surface area contributed by atoms with Crippen molar-refractivity contribution in [3.63, 3.8) is 0 Å². The average Bonchev–Trinajstić information content (AvgIpc) is 2.64. The Labute approximate surface area is 152 Å². The van der Waals surface area contributed by atoms with Crippen LogP contribution in [0.15, 0.2) is 42.5 Å². The number of carbonyl (C=O) groups is 1. The number of rotatable bonds is 4. The van der Waals surface area contributed by atoms with Crippen molar-refractivity contribution >= 4 is 17.3 Å². The van der Waals surface area contributed by atoms with Gasteiger partial charge in [0.25, 0.3) is 0 Å². The van der Waals surface area contributed by atoms with E-state index in [1.165, 1.54) is 17.3 Å². The van der Waals surface area contributed by atoms with E-state index >= 15 is 0 Å². The van der Waals surface area contributed by atoms with E-state index in [0.717, 1.165) is 25.2 Å². The molecule has 1 atom stereocenters. The van der Waals surface area contributed by atoms with Crippen molar-refractivity contribution in [3.05, 3.63) is 59.7 Å². The second-order valence-corrected chi connectivity index (χ2v) is 6.62. The third-order valence-electron chi connectivity index (χ3n) is 4.82. The summed E-state index contributed by atoms with van der Waals surface area (Å²) in [4.78, 5) is 16.7. The molecule has 3 rings (SSSR count). The van der Waals surface area contributed by atoms with E-state index in [0.29, 0.717) is 13.1 Å². The van der Waals surface area contributed by atoms with Gasteiger partial charge in [0.2, 0.25) is 5.91 Å². The molecular formula is C20H23F2N3O. The number of halogens is 2. The first-order valence-corrected chi connectivity index (χ1v) is 8.76. The van der Waals surface area contributed by atoms with Gasteiger partial charge in [0.15, 0.2) is 0 Å². The molecule has 1 aliphatic heterocycles. The van der Waals surface area contributed by atoms with Gasteiger partial charge in [-0.05, 0) is 43.7 Å². The van der Waals surface area contributed by atoms with Crippen molar-refractivity contribution in [2.75, 3.05) is 36.4 Å². The van der Waals surface area contributed by atoms with Crippen molar-refractivity contribution in [1.82, 2.24) is 4.90 Å². The van der Waals surface area contributed by atoms with Gasteiger partial charge in [0.1, 0.15) is 17.3 Å². The van der Waals surface area contributed by atoms with Crippen molar-refractivity contribution in [2.24, 2.45) is 0 Å². The smallest absolute Gasteiger partial charge is 0.241 e. The molecule has 1 amide bonds. The summed E-state index contributed by atoms with van der Waals surface area (Å²) in [6.07, 6.45) is 0. The van der Waals surface area contributed by atoms with Crippen LogP contribution in [0, 0.1) is 18.6 Å². The Bertz CT molecular complexity index is 768. The van der Waals surface area contributed by atoms with Gasteiger partial charge in [0.05, 0.1) is 6.04 Å². The molecule has 138 valence electrons. The molecule has 1 heterocycles.